The summed E-state index contributed by atoms with van der Waals surface area (Å²) in [6, 6.07) is 4.46. The molecule has 8 heteroatoms. The molecule has 0 N–H and O–H groups in total. The van der Waals surface area contributed by atoms with Crippen LogP contribution in [0.4, 0.5) is 18.9 Å². The topological polar surface area (TPSA) is 46.4 Å². The van der Waals surface area contributed by atoms with Gasteiger partial charge < -0.3 is 0 Å². The first-order valence-electron chi connectivity index (χ1n) is 5.50. The first-order valence-corrected chi connectivity index (χ1v) is 5.94. The van der Waals surface area contributed by atoms with Crippen LogP contribution in [-0.4, -0.2) is 28.0 Å². The second kappa shape index (κ2) is 6.72. The van der Waals surface area contributed by atoms with Crippen LogP contribution in [0.3, 0.4) is 0 Å². The molecule has 19 heavy (non-hydrogen) atoms. The molecule has 106 valence electrons. The Hall–Kier alpha value is -1.34. The molecule has 1 heterocycles. The number of non-ortho nitro benzene ring substituents is 1. The van der Waals surface area contributed by atoms with Crippen molar-refractivity contribution in [3.8, 4) is 0 Å². The van der Waals surface area contributed by atoms with Crippen molar-refractivity contribution in [1.29, 1.82) is 0 Å². The minimum atomic E-state index is -3.47. The maximum atomic E-state index is 12.4. The fraction of sp³-hybridized carbons (Fsp3) is 0.455. The number of benzene rings is 1. The number of alkyl halides is 3. The summed E-state index contributed by atoms with van der Waals surface area (Å²) in [5, 5.41) is 8.13. The predicted molar refractivity (Wildman–Crippen MR) is 64.7 cm³/mol. The smallest absolute Gasteiger partial charge is 0.258 e. The first-order chi connectivity index (χ1) is 8.85. The van der Waals surface area contributed by atoms with Gasteiger partial charge in [-0.15, -0.1) is 16.1 Å². The van der Waals surface area contributed by atoms with Crippen molar-refractivity contribution < 1.29 is 18.2 Å². The molecular formula is C11H12ClF3N2O2. The molecule has 0 amide bonds. The Morgan fingerprint density at radius 2 is 1.95 bits per heavy atom. The number of hydrogen-bond acceptors (Lipinski definition) is 3. The van der Waals surface area contributed by atoms with E-state index in [1.165, 1.54) is 12.1 Å². The van der Waals surface area contributed by atoms with E-state index >= 15 is 0 Å². The zero-order chi connectivity index (χ0) is 14.5. The Kier molecular flexibility index (Phi) is 5.56. The molecule has 1 unspecified atom stereocenters. The number of nitrogens with zero attached hydrogens (tertiary/aromatic N) is 2. The van der Waals surface area contributed by atoms with Gasteiger partial charge in [-0.05, 0) is 12.8 Å². The summed E-state index contributed by atoms with van der Waals surface area (Å²) in [5.41, 5.74) is 0.137. The van der Waals surface area contributed by atoms with E-state index in [-0.39, 0.29) is 18.7 Å². The van der Waals surface area contributed by atoms with E-state index in [1.54, 1.807) is 18.2 Å². The molecule has 1 atom stereocenters. The second-order valence-electron chi connectivity index (χ2n) is 3.88. The van der Waals surface area contributed by atoms with Crippen molar-refractivity contribution in [1.82, 2.24) is 5.12 Å². The van der Waals surface area contributed by atoms with Gasteiger partial charge in [-0.3, -0.25) is 10.1 Å². The van der Waals surface area contributed by atoms with Crippen LogP contribution >= 0.6 is 11.6 Å². The Morgan fingerprint density at radius 1 is 1.37 bits per heavy atom. The van der Waals surface area contributed by atoms with Crippen LogP contribution in [0.25, 0.3) is 0 Å². The summed E-state index contributed by atoms with van der Waals surface area (Å²) in [5.74, 6) is 0. The van der Waals surface area contributed by atoms with Crippen LogP contribution in [0.2, 0.25) is 0 Å². The highest BCUT2D eigenvalue weighted by molar-refractivity contribution is 6.21. The van der Waals surface area contributed by atoms with Crippen LogP contribution in [0.1, 0.15) is 12.8 Å². The SMILES string of the molecule is FN1CCCC(Cl)C1(F)F.O=[N+]([O-])c1ccccc1. The third-order valence-corrected chi connectivity index (χ3v) is 2.96. The molecular weight excluding hydrogens is 285 g/mol. The number of para-hydroxylation sites is 1. The van der Waals surface area contributed by atoms with E-state index in [9.17, 15) is 23.4 Å². The molecule has 0 aromatic heterocycles. The molecule has 0 radical (unpaired) electrons. The maximum Gasteiger partial charge on any atom is 0.345 e. The summed E-state index contributed by atoms with van der Waals surface area (Å²) < 4.78 is 37.0. The highest BCUT2D eigenvalue weighted by Crippen LogP contribution is 2.35. The van der Waals surface area contributed by atoms with Gasteiger partial charge in [0.05, 0.1) is 4.92 Å². The number of nitro benzene ring substituents is 1. The minimum Gasteiger partial charge on any atom is -0.258 e. The summed E-state index contributed by atoms with van der Waals surface area (Å²) >= 11 is 5.17. The molecule has 1 aromatic rings. The van der Waals surface area contributed by atoms with Gasteiger partial charge in [-0.2, -0.15) is 8.78 Å². The zero-order valence-electron chi connectivity index (χ0n) is 9.81. The summed E-state index contributed by atoms with van der Waals surface area (Å²) in [6.45, 7) is -0.226. The van der Waals surface area contributed by atoms with Crippen molar-refractivity contribution in [2.24, 2.45) is 0 Å². The molecule has 0 bridgehead atoms. The molecule has 4 nitrogen and oxygen atoms in total. The maximum absolute atomic E-state index is 12.4. The van der Waals surface area contributed by atoms with Gasteiger partial charge in [-0.1, -0.05) is 23.3 Å². The number of piperidine rings is 1. The van der Waals surface area contributed by atoms with Crippen molar-refractivity contribution in [3.05, 3.63) is 40.4 Å². The summed E-state index contributed by atoms with van der Waals surface area (Å²) in [4.78, 5) is 9.59. The van der Waals surface area contributed by atoms with Crippen molar-refractivity contribution in [3.63, 3.8) is 0 Å². The third-order valence-electron chi connectivity index (χ3n) is 2.48. The Bertz CT molecular complexity index is 408. The zero-order valence-corrected chi connectivity index (χ0v) is 10.6. The van der Waals surface area contributed by atoms with Gasteiger partial charge in [-0.25, -0.2) is 0 Å². The van der Waals surface area contributed by atoms with Crippen LogP contribution in [-0.2, 0) is 0 Å². The van der Waals surface area contributed by atoms with Gasteiger partial charge >= 0.3 is 6.05 Å². The van der Waals surface area contributed by atoms with E-state index in [1.807, 2.05) is 0 Å². The number of rotatable bonds is 1. The standard InChI is InChI=1S/C6H5NO2.C5H7ClF3N/c8-7(9)6-4-2-1-3-5-6;6-4-2-1-3-10(9)5(4,7)8/h1-5H;4H,1-3H2. The molecule has 1 aliphatic rings. The fourth-order valence-corrected chi connectivity index (χ4v) is 1.69. The minimum absolute atomic E-state index is 0.137. The molecule has 2 rings (SSSR count). The molecule has 1 saturated heterocycles. The van der Waals surface area contributed by atoms with Gasteiger partial charge in [0.25, 0.3) is 5.69 Å². The highest BCUT2D eigenvalue weighted by Gasteiger charge is 2.47. The number of hydrogen-bond donors (Lipinski definition) is 0. The first kappa shape index (κ1) is 15.7. The fourth-order valence-electron chi connectivity index (χ4n) is 1.43. The van der Waals surface area contributed by atoms with Gasteiger partial charge in [0.1, 0.15) is 5.38 Å². The Morgan fingerprint density at radius 3 is 2.32 bits per heavy atom. The average Bonchev–Trinajstić information content (AvgIpc) is 2.38. The normalized spacial score (nSPS) is 22.2. The lowest BCUT2D eigenvalue weighted by atomic mass is 10.1. The lowest BCUT2D eigenvalue weighted by Crippen LogP contribution is -2.47. The summed E-state index contributed by atoms with van der Waals surface area (Å²) in [7, 11) is 0. The van der Waals surface area contributed by atoms with Gasteiger partial charge in [0, 0.05) is 18.7 Å². The van der Waals surface area contributed by atoms with E-state index in [0.717, 1.165) is 0 Å². The molecule has 0 saturated carbocycles. The van der Waals surface area contributed by atoms with Crippen LogP contribution in [0.5, 0.6) is 0 Å². The molecule has 0 aliphatic carbocycles. The van der Waals surface area contributed by atoms with Crippen LogP contribution in [0, 0.1) is 10.1 Å². The van der Waals surface area contributed by atoms with E-state index < -0.39 is 21.5 Å². The van der Waals surface area contributed by atoms with E-state index in [0.29, 0.717) is 6.42 Å². The van der Waals surface area contributed by atoms with Crippen LogP contribution < -0.4 is 0 Å². The predicted octanol–water partition coefficient (Wildman–Crippen LogP) is 3.76. The molecule has 1 aromatic carbocycles. The monoisotopic (exact) mass is 296 g/mol. The number of nitro groups is 1. The van der Waals surface area contributed by atoms with Crippen molar-refractivity contribution in [2.75, 3.05) is 6.54 Å². The van der Waals surface area contributed by atoms with Gasteiger partial charge in [0.15, 0.2) is 0 Å². The van der Waals surface area contributed by atoms with Crippen LogP contribution in [0.15, 0.2) is 30.3 Å². The molecule has 0 spiro atoms. The highest BCUT2D eigenvalue weighted by atomic mass is 35.5. The largest absolute Gasteiger partial charge is 0.345 e. The Balaban J connectivity index is 0.000000191. The lowest BCUT2D eigenvalue weighted by molar-refractivity contribution is -0.384. The summed E-state index contributed by atoms with van der Waals surface area (Å²) in [6.07, 6.45) is 0.565. The second-order valence-corrected chi connectivity index (χ2v) is 4.40. The third kappa shape index (κ3) is 4.36. The van der Waals surface area contributed by atoms with Crippen molar-refractivity contribution >= 4 is 17.3 Å². The van der Waals surface area contributed by atoms with Crippen molar-refractivity contribution in [2.45, 2.75) is 24.3 Å². The molecule has 1 aliphatic heterocycles. The number of halogens is 4. The molecule has 1 fully saturated rings. The quantitative estimate of drug-likeness (QED) is 0.261. The lowest BCUT2D eigenvalue weighted by Gasteiger charge is -2.31. The van der Waals surface area contributed by atoms with E-state index in [2.05, 4.69) is 0 Å². The average molecular weight is 297 g/mol. The van der Waals surface area contributed by atoms with Gasteiger partial charge in [0.2, 0.25) is 0 Å². The van der Waals surface area contributed by atoms with E-state index in [4.69, 9.17) is 11.6 Å². The Labute approximate surface area is 112 Å².